The Balaban J connectivity index is 2.02. The molecule has 0 radical (unpaired) electrons. The summed E-state index contributed by atoms with van der Waals surface area (Å²) in [6, 6.07) is 0. The molecular formula is C16H26O5. The topological polar surface area (TPSA) is 54.0 Å². The maximum atomic E-state index is 12.0. The molecule has 2 heterocycles. The highest BCUT2D eigenvalue weighted by atomic mass is 16.7. The van der Waals surface area contributed by atoms with Crippen LogP contribution in [0.4, 0.5) is 0 Å². The molecule has 0 saturated carbocycles. The fourth-order valence-electron chi connectivity index (χ4n) is 2.83. The standard InChI is InChI=1S/C16H26O5/c1-12-6-4-3-5-7-13-8-9-14(19-11-18-2)15(21-13)10-16(17)20-12/h5,7,12-15H,3-4,6,8-11H2,1-2H3/b7-5-/t12-,13-,14-,15-/m1/s1. The average molecular weight is 298 g/mol. The Kier molecular flexibility index (Phi) is 6.67. The van der Waals surface area contributed by atoms with Crippen LogP contribution in [0, 0.1) is 0 Å². The van der Waals surface area contributed by atoms with Crippen molar-refractivity contribution in [2.75, 3.05) is 13.9 Å². The fraction of sp³-hybridized carbons (Fsp3) is 0.812. The molecular weight excluding hydrogens is 272 g/mol. The number of hydrogen-bond donors (Lipinski definition) is 0. The van der Waals surface area contributed by atoms with Crippen LogP contribution in [0.5, 0.6) is 0 Å². The number of fused-ring (bicyclic) bond motifs is 2. The molecule has 0 aromatic carbocycles. The number of hydrogen-bond acceptors (Lipinski definition) is 5. The molecule has 120 valence electrons. The van der Waals surface area contributed by atoms with E-state index in [1.165, 1.54) is 0 Å². The first-order chi connectivity index (χ1) is 10.2. The van der Waals surface area contributed by atoms with Gasteiger partial charge in [-0.2, -0.15) is 0 Å². The van der Waals surface area contributed by atoms with E-state index < -0.39 is 0 Å². The van der Waals surface area contributed by atoms with E-state index in [0.29, 0.717) is 0 Å². The van der Waals surface area contributed by atoms with Gasteiger partial charge < -0.3 is 18.9 Å². The second-order valence-electron chi connectivity index (χ2n) is 5.77. The summed E-state index contributed by atoms with van der Waals surface area (Å²) < 4.78 is 22.0. The van der Waals surface area contributed by atoms with Crippen LogP contribution in [-0.4, -0.2) is 44.3 Å². The smallest absolute Gasteiger partial charge is 0.308 e. The van der Waals surface area contributed by atoms with Crippen LogP contribution in [0.15, 0.2) is 12.2 Å². The molecule has 2 aliphatic rings. The Morgan fingerprint density at radius 1 is 1.33 bits per heavy atom. The van der Waals surface area contributed by atoms with Gasteiger partial charge in [-0.1, -0.05) is 12.2 Å². The van der Waals surface area contributed by atoms with Gasteiger partial charge in [-0.05, 0) is 39.0 Å². The number of cyclic esters (lactones) is 1. The van der Waals surface area contributed by atoms with Crippen molar-refractivity contribution < 1.29 is 23.7 Å². The Morgan fingerprint density at radius 3 is 3.00 bits per heavy atom. The average Bonchev–Trinajstić information content (AvgIpc) is 2.44. The number of allylic oxidation sites excluding steroid dienone is 1. The molecule has 21 heavy (non-hydrogen) atoms. The van der Waals surface area contributed by atoms with E-state index in [9.17, 15) is 4.79 Å². The predicted molar refractivity (Wildman–Crippen MR) is 77.8 cm³/mol. The lowest BCUT2D eigenvalue weighted by Crippen LogP contribution is -2.42. The van der Waals surface area contributed by atoms with Gasteiger partial charge in [0.05, 0.1) is 30.8 Å². The maximum absolute atomic E-state index is 12.0. The van der Waals surface area contributed by atoms with Crippen LogP contribution >= 0.6 is 0 Å². The predicted octanol–water partition coefficient (Wildman–Crippen LogP) is 2.59. The summed E-state index contributed by atoms with van der Waals surface area (Å²) in [7, 11) is 1.59. The van der Waals surface area contributed by atoms with Gasteiger partial charge in [0, 0.05) is 7.11 Å². The van der Waals surface area contributed by atoms with Gasteiger partial charge in [-0.3, -0.25) is 4.79 Å². The first-order valence-corrected chi connectivity index (χ1v) is 7.81. The molecule has 0 aromatic rings. The SMILES string of the molecule is COCO[C@@H]1CC[C@H]2/C=C\CCC[C@@H](C)OC(=O)C[C@H]1O2. The molecule has 2 aliphatic heterocycles. The molecule has 0 amide bonds. The number of rotatable bonds is 3. The van der Waals surface area contributed by atoms with E-state index in [2.05, 4.69) is 12.2 Å². The molecule has 5 nitrogen and oxygen atoms in total. The highest BCUT2D eigenvalue weighted by molar-refractivity contribution is 5.70. The molecule has 0 aromatic heterocycles. The summed E-state index contributed by atoms with van der Waals surface area (Å²) in [6.45, 7) is 2.16. The molecule has 0 N–H and O–H groups in total. The van der Waals surface area contributed by atoms with Crippen molar-refractivity contribution in [3.05, 3.63) is 12.2 Å². The monoisotopic (exact) mass is 298 g/mol. The van der Waals surface area contributed by atoms with Gasteiger partial charge in [-0.25, -0.2) is 0 Å². The van der Waals surface area contributed by atoms with Crippen molar-refractivity contribution in [3.63, 3.8) is 0 Å². The van der Waals surface area contributed by atoms with Crippen LogP contribution < -0.4 is 0 Å². The highest BCUT2D eigenvalue weighted by Gasteiger charge is 2.33. The van der Waals surface area contributed by atoms with Crippen molar-refractivity contribution in [1.82, 2.24) is 0 Å². The van der Waals surface area contributed by atoms with Crippen molar-refractivity contribution in [1.29, 1.82) is 0 Å². The normalized spacial score (nSPS) is 36.2. The molecule has 2 bridgehead atoms. The minimum Gasteiger partial charge on any atom is -0.463 e. The lowest BCUT2D eigenvalue weighted by molar-refractivity contribution is -0.178. The van der Waals surface area contributed by atoms with Crippen LogP contribution in [0.2, 0.25) is 0 Å². The number of carbonyl (C=O) groups excluding carboxylic acids is 1. The molecule has 4 atom stereocenters. The van der Waals surface area contributed by atoms with Crippen LogP contribution in [0.25, 0.3) is 0 Å². The summed E-state index contributed by atoms with van der Waals surface area (Å²) in [5.74, 6) is -0.205. The molecule has 5 heteroatoms. The third-order valence-electron chi connectivity index (χ3n) is 3.93. The third-order valence-corrected chi connectivity index (χ3v) is 3.93. The Bertz CT molecular complexity index is 355. The summed E-state index contributed by atoms with van der Waals surface area (Å²) in [5, 5.41) is 0. The van der Waals surface area contributed by atoms with Crippen LogP contribution in [0.1, 0.15) is 45.4 Å². The van der Waals surface area contributed by atoms with Crippen molar-refractivity contribution in [3.8, 4) is 0 Å². The van der Waals surface area contributed by atoms with E-state index >= 15 is 0 Å². The largest absolute Gasteiger partial charge is 0.463 e. The van der Waals surface area contributed by atoms with Crippen molar-refractivity contribution >= 4 is 5.97 Å². The van der Waals surface area contributed by atoms with Crippen molar-refractivity contribution in [2.24, 2.45) is 0 Å². The van der Waals surface area contributed by atoms with Crippen LogP contribution in [-0.2, 0) is 23.7 Å². The van der Waals surface area contributed by atoms with E-state index in [1.807, 2.05) is 6.92 Å². The van der Waals surface area contributed by atoms with E-state index in [4.69, 9.17) is 18.9 Å². The third kappa shape index (κ3) is 5.41. The summed E-state index contributed by atoms with van der Waals surface area (Å²) >= 11 is 0. The molecule has 0 spiro atoms. The van der Waals surface area contributed by atoms with Gasteiger partial charge in [0.1, 0.15) is 6.79 Å². The zero-order valence-corrected chi connectivity index (χ0v) is 13.0. The van der Waals surface area contributed by atoms with Gasteiger partial charge >= 0.3 is 5.97 Å². The van der Waals surface area contributed by atoms with Gasteiger partial charge in [0.25, 0.3) is 0 Å². The molecule has 1 fully saturated rings. The number of carbonyl (C=O) groups is 1. The van der Waals surface area contributed by atoms with Crippen molar-refractivity contribution in [2.45, 2.75) is 69.9 Å². The molecule has 0 aliphatic carbocycles. The van der Waals surface area contributed by atoms with E-state index in [0.717, 1.165) is 32.1 Å². The lowest BCUT2D eigenvalue weighted by atomic mass is 9.97. The van der Waals surface area contributed by atoms with Gasteiger partial charge in [0.15, 0.2) is 0 Å². The Hall–Kier alpha value is -0.910. The zero-order chi connectivity index (χ0) is 15.1. The second kappa shape index (κ2) is 8.51. The Labute approximate surface area is 126 Å². The van der Waals surface area contributed by atoms with Gasteiger partial charge in [-0.15, -0.1) is 0 Å². The summed E-state index contributed by atoms with van der Waals surface area (Å²) in [4.78, 5) is 12.0. The second-order valence-corrected chi connectivity index (χ2v) is 5.77. The summed E-state index contributed by atoms with van der Waals surface area (Å²) in [6.07, 6.45) is 8.90. The number of esters is 1. The van der Waals surface area contributed by atoms with Crippen LogP contribution in [0.3, 0.4) is 0 Å². The van der Waals surface area contributed by atoms with E-state index in [1.54, 1.807) is 7.11 Å². The minimum atomic E-state index is -0.261. The number of methoxy groups -OCH3 is 1. The molecule has 1 saturated heterocycles. The summed E-state index contributed by atoms with van der Waals surface area (Å²) in [5.41, 5.74) is 0. The number of ether oxygens (including phenoxy) is 4. The zero-order valence-electron chi connectivity index (χ0n) is 13.0. The minimum absolute atomic E-state index is 0.0388. The van der Waals surface area contributed by atoms with E-state index in [-0.39, 0.29) is 43.6 Å². The molecule has 0 unspecified atom stereocenters. The highest BCUT2D eigenvalue weighted by Crippen LogP contribution is 2.26. The first-order valence-electron chi connectivity index (χ1n) is 7.81. The fourth-order valence-corrected chi connectivity index (χ4v) is 2.83. The Morgan fingerprint density at radius 2 is 2.19 bits per heavy atom. The van der Waals surface area contributed by atoms with Gasteiger partial charge in [0.2, 0.25) is 0 Å². The quantitative estimate of drug-likeness (QED) is 0.455. The lowest BCUT2D eigenvalue weighted by Gasteiger charge is -2.35. The first kappa shape index (κ1) is 16.5. The molecule has 2 rings (SSSR count). The maximum Gasteiger partial charge on any atom is 0.308 e.